The van der Waals surface area contributed by atoms with Gasteiger partial charge in [-0.3, -0.25) is 0 Å². The standard InChI is InChI=1S/C10H19N3/c1-2-3-8-13-9-7-12-10(13)5-4-6-11/h7,9H,2-6,8,11H2,1H3/p+1. The molecule has 0 radical (unpaired) electrons. The van der Waals surface area contributed by atoms with Gasteiger partial charge in [-0.15, -0.1) is 0 Å². The van der Waals surface area contributed by atoms with Gasteiger partial charge in [0.25, 0.3) is 5.82 Å². The van der Waals surface area contributed by atoms with Crippen LogP contribution in [0.5, 0.6) is 0 Å². The van der Waals surface area contributed by atoms with E-state index in [9.17, 15) is 0 Å². The molecule has 0 fully saturated rings. The van der Waals surface area contributed by atoms with Crippen LogP contribution in [0.15, 0.2) is 12.4 Å². The summed E-state index contributed by atoms with van der Waals surface area (Å²) in [4.78, 5) is 3.26. The van der Waals surface area contributed by atoms with Crippen LogP contribution in [0.3, 0.4) is 0 Å². The Kier molecular flexibility index (Phi) is 4.54. The third-order valence-electron chi connectivity index (χ3n) is 2.22. The molecule has 0 aliphatic rings. The van der Waals surface area contributed by atoms with Gasteiger partial charge >= 0.3 is 0 Å². The molecule has 0 bridgehead atoms. The fraction of sp³-hybridized carbons (Fsp3) is 0.700. The lowest BCUT2D eigenvalue weighted by molar-refractivity contribution is -0.703. The highest BCUT2D eigenvalue weighted by Gasteiger charge is 2.08. The summed E-state index contributed by atoms with van der Waals surface area (Å²) in [7, 11) is 0. The molecule has 3 N–H and O–H groups in total. The van der Waals surface area contributed by atoms with Crippen LogP contribution >= 0.6 is 0 Å². The quantitative estimate of drug-likeness (QED) is 0.633. The molecule has 0 saturated heterocycles. The van der Waals surface area contributed by atoms with E-state index in [1.165, 1.54) is 18.7 Å². The summed E-state index contributed by atoms with van der Waals surface area (Å²) in [5.41, 5.74) is 5.47. The van der Waals surface area contributed by atoms with Crippen molar-refractivity contribution in [3.8, 4) is 0 Å². The first kappa shape index (κ1) is 10.3. The third kappa shape index (κ3) is 3.19. The molecule has 0 aliphatic carbocycles. The maximum Gasteiger partial charge on any atom is 0.254 e. The lowest BCUT2D eigenvalue weighted by Crippen LogP contribution is -2.36. The van der Waals surface area contributed by atoms with E-state index in [0.29, 0.717) is 0 Å². The average Bonchev–Trinajstić information content (AvgIpc) is 2.59. The number of nitrogens with two attached hydrogens (primary N) is 1. The van der Waals surface area contributed by atoms with Gasteiger partial charge < -0.3 is 5.73 Å². The molecule has 1 rings (SSSR count). The molecule has 1 aromatic heterocycles. The van der Waals surface area contributed by atoms with E-state index < -0.39 is 0 Å². The number of rotatable bonds is 6. The van der Waals surface area contributed by atoms with E-state index in [0.717, 1.165) is 25.9 Å². The fourth-order valence-corrected chi connectivity index (χ4v) is 1.42. The van der Waals surface area contributed by atoms with Crippen LogP contribution in [0.2, 0.25) is 0 Å². The Morgan fingerprint density at radius 3 is 3.00 bits per heavy atom. The molecule has 1 aromatic rings. The molecule has 13 heavy (non-hydrogen) atoms. The number of aromatic nitrogens is 2. The number of aromatic amines is 1. The molecular weight excluding hydrogens is 162 g/mol. The Labute approximate surface area is 80.0 Å². The average molecular weight is 182 g/mol. The molecule has 3 heteroatoms. The highest BCUT2D eigenvalue weighted by molar-refractivity contribution is 4.77. The fourth-order valence-electron chi connectivity index (χ4n) is 1.42. The smallest absolute Gasteiger partial charge is 0.254 e. The van der Waals surface area contributed by atoms with E-state index in [-0.39, 0.29) is 0 Å². The molecule has 0 atom stereocenters. The molecule has 0 unspecified atom stereocenters. The lowest BCUT2D eigenvalue weighted by atomic mass is 10.3. The number of hydrogen-bond acceptors (Lipinski definition) is 1. The minimum atomic E-state index is 0.771. The van der Waals surface area contributed by atoms with Crippen LogP contribution in [0.25, 0.3) is 0 Å². The van der Waals surface area contributed by atoms with Crippen molar-refractivity contribution in [2.24, 2.45) is 5.73 Å². The zero-order chi connectivity index (χ0) is 9.52. The molecule has 0 aromatic carbocycles. The van der Waals surface area contributed by atoms with E-state index in [4.69, 9.17) is 5.73 Å². The van der Waals surface area contributed by atoms with E-state index in [1.807, 2.05) is 6.20 Å². The number of imidazole rings is 1. The second-order valence-electron chi connectivity index (χ2n) is 3.35. The molecular formula is C10H20N3+. The van der Waals surface area contributed by atoms with E-state index in [2.05, 4.69) is 22.7 Å². The largest absolute Gasteiger partial charge is 0.330 e. The first-order valence-corrected chi connectivity index (χ1v) is 5.14. The summed E-state index contributed by atoms with van der Waals surface area (Å²) in [5, 5.41) is 0. The van der Waals surface area contributed by atoms with Gasteiger partial charge in [0.15, 0.2) is 0 Å². The molecule has 0 saturated carbocycles. The van der Waals surface area contributed by atoms with Gasteiger partial charge in [-0.25, -0.2) is 9.55 Å². The Bertz CT molecular complexity index is 207. The first-order chi connectivity index (χ1) is 6.38. The summed E-state index contributed by atoms with van der Waals surface area (Å²) in [6.45, 7) is 4.11. The van der Waals surface area contributed by atoms with Gasteiger partial charge in [-0.2, -0.15) is 0 Å². The van der Waals surface area contributed by atoms with Crippen LogP contribution in [-0.2, 0) is 13.0 Å². The molecule has 0 spiro atoms. The van der Waals surface area contributed by atoms with Crippen molar-refractivity contribution in [1.82, 2.24) is 4.98 Å². The predicted octanol–water partition coefficient (Wildman–Crippen LogP) is 0.994. The summed E-state index contributed by atoms with van der Waals surface area (Å²) in [5.74, 6) is 1.30. The normalized spacial score (nSPS) is 10.6. The van der Waals surface area contributed by atoms with Crippen molar-refractivity contribution in [2.75, 3.05) is 6.54 Å². The van der Waals surface area contributed by atoms with Crippen LogP contribution in [0.1, 0.15) is 32.0 Å². The lowest BCUT2D eigenvalue weighted by Gasteiger charge is -1.98. The highest BCUT2D eigenvalue weighted by atomic mass is 15.1. The Morgan fingerprint density at radius 1 is 1.46 bits per heavy atom. The zero-order valence-electron chi connectivity index (χ0n) is 8.42. The van der Waals surface area contributed by atoms with Crippen molar-refractivity contribution < 1.29 is 4.57 Å². The van der Waals surface area contributed by atoms with Crippen molar-refractivity contribution in [2.45, 2.75) is 39.2 Å². The molecule has 3 nitrogen and oxygen atoms in total. The van der Waals surface area contributed by atoms with Gasteiger partial charge in [0.1, 0.15) is 12.4 Å². The minimum absolute atomic E-state index is 0.771. The molecule has 1 heterocycles. The minimum Gasteiger partial charge on any atom is -0.330 e. The maximum atomic E-state index is 5.47. The van der Waals surface area contributed by atoms with Gasteiger partial charge in [-0.1, -0.05) is 13.3 Å². The van der Waals surface area contributed by atoms with E-state index >= 15 is 0 Å². The Morgan fingerprint density at radius 2 is 2.31 bits per heavy atom. The molecule has 0 amide bonds. The van der Waals surface area contributed by atoms with Crippen LogP contribution in [-0.4, -0.2) is 11.5 Å². The van der Waals surface area contributed by atoms with Crippen LogP contribution in [0, 0.1) is 0 Å². The monoisotopic (exact) mass is 182 g/mol. The summed E-state index contributed by atoms with van der Waals surface area (Å²) in [6, 6.07) is 0. The van der Waals surface area contributed by atoms with Crippen molar-refractivity contribution in [1.29, 1.82) is 0 Å². The Balaban J connectivity index is 2.45. The van der Waals surface area contributed by atoms with Crippen molar-refractivity contribution >= 4 is 0 Å². The first-order valence-electron chi connectivity index (χ1n) is 5.14. The maximum absolute atomic E-state index is 5.47. The predicted molar refractivity (Wildman–Crippen MR) is 53.3 cm³/mol. The topological polar surface area (TPSA) is 45.7 Å². The second-order valence-corrected chi connectivity index (χ2v) is 3.35. The van der Waals surface area contributed by atoms with Crippen molar-refractivity contribution in [3.05, 3.63) is 18.2 Å². The highest BCUT2D eigenvalue weighted by Crippen LogP contribution is 1.94. The van der Waals surface area contributed by atoms with Gasteiger partial charge in [-0.05, 0) is 19.4 Å². The Hall–Kier alpha value is -0.830. The van der Waals surface area contributed by atoms with E-state index in [1.54, 1.807) is 0 Å². The number of nitrogens with one attached hydrogen (secondary N) is 1. The number of nitrogens with zero attached hydrogens (tertiary/aromatic N) is 1. The summed E-state index contributed by atoms with van der Waals surface area (Å²) >= 11 is 0. The van der Waals surface area contributed by atoms with Crippen molar-refractivity contribution in [3.63, 3.8) is 0 Å². The second kappa shape index (κ2) is 5.75. The number of hydrogen-bond donors (Lipinski definition) is 2. The number of unbranched alkanes of at least 4 members (excludes halogenated alkanes) is 1. The molecule has 0 aliphatic heterocycles. The third-order valence-corrected chi connectivity index (χ3v) is 2.22. The number of aryl methyl sites for hydroxylation is 2. The van der Waals surface area contributed by atoms with Gasteiger partial charge in [0.05, 0.1) is 13.0 Å². The van der Waals surface area contributed by atoms with Crippen LogP contribution in [0.4, 0.5) is 0 Å². The van der Waals surface area contributed by atoms with Gasteiger partial charge in [0.2, 0.25) is 0 Å². The molecule has 74 valence electrons. The zero-order valence-corrected chi connectivity index (χ0v) is 8.42. The number of H-pyrrole nitrogens is 1. The van der Waals surface area contributed by atoms with Gasteiger partial charge in [0, 0.05) is 0 Å². The summed E-state index contributed by atoms with van der Waals surface area (Å²) in [6.07, 6.45) is 8.73. The van der Waals surface area contributed by atoms with Crippen LogP contribution < -0.4 is 10.3 Å². The SMILES string of the molecule is CCCC[n+]1cc[nH]c1CCCN. The summed E-state index contributed by atoms with van der Waals surface area (Å²) < 4.78 is 2.29.